The maximum Gasteiger partial charge on any atom is 0.255 e. The topological polar surface area (TPSA) is 53.9 Å². The van der Waals surface area contributed by atoms with Gasteiger partial charge in [0.1, 0.15) is 5.82 Å². The van der Waals surface area contributed by atoms with Gasteiger partial charge in [-0.2, -0.15) is 0 Å². The predicted octanol–water partition coefficient (Wildman–Crippen LogP) is 2.13. The van der Waals surface area contributed by atoms with Crippen LogP contribution >= 0.6 is 0 Å². The number of aryl methyl sites for hydroxylation is 2. The van der Waals surface area contributed by atoms with Crippen LogP contribution in [0, 0.1) is 6.92 Å². The average Bonchev–Trinajstić information content (AvgIpc) is 2.85. The van der Waals surface area contributed by atoms with Gasteiger partial charge in [0.2, 0.25) is 0 Å². The quantitative estimate of drug-likeness (QED) is 0.789. The highest BCUT2D eigenvalue weighted by Gasteiger charge is 2.21. The van der Waals surface area contributed by atoms with Gasteiger partial charge in [-0.05, 0) is 18.6 Å². The van der Waals surface area contributed by atoms with Gasteiger partial charge in [-0.3, -0.25) is 9.69 Å². The van der Waals surface area contributed by atoms with Crippen LogP contribution in [0.5, 0.6) is 0 Å². The fourth-order valence-electron chi connectivity index (χ4n) is 3.53. The maximum atomic E-state index is 12.2. The van der Waals surface area contributed by atoms with Gasteiger partial charge in [0.25, 0.3) is 5.56 Å². The number of hydrogen-bond donors (Lipinski definition) is 1. The number of nitrogens with one attached hydrogen (secondary N) is 1. The summed E-state index contributed by atoms with van der Waals surface area (Å²) < 4.78 is 2.17. The molecule has 118 valence electrons. The third kappa shape index (κ3) is 2.47. The molecule has 1 aromatic carbocycles. The first-order valence-corrected chi connectivity index (χ1v) is 7.96. The lowest BCUT2D eigenvalue weighted by atomic mass is 10.1. The van der Waals surface area contributed by atoms with Crippen LogP contribution in [0.25, 0.3) is 10.9 Å². The summed E-state index contributed by atoms with van der Waals surface area (Å²) in [6, 6.07) is 8.45. The Morgan fingerprint density at radius 3 is 3.00 bits per heavy atom. The molecule has 0 radical (unpaired) electrons. The van der Waals surface area contributed by atoms with Crippen LogP contribution in [0.15, 0.2) is 35.3 Å². The smallest absolute Gasteiger partial charge is 0.255 e. The summed E-state index contributed by atoms with van der Waals surface area (Å²) in [5, 5.41) is 1.29. The van der Waals surface area contributed by atoms with Crippen LogP contribution in [0.3, 0.4) is 0 Å². The summed E-state index contributed by atoms with van der Waals surface area (Å²) in [5.74, 6) is 0.705. The zero-order valence-electron chi connectivity index (χ0n) is 13.5. The Labute approximate surface area is 134 Å². The second kappa shape index (κ2) is 5.35. The number of aromatic nitrogens is 3. The van der Waals surface area contributed by atoms with Crippen molar-refractivity contribution >= 4 is 10.9 Å². The first kappa shape index (κ1) is 14.2. The van der Waals surface area contributed by atoms with Crippen molar-refractivity contribution in [2.45, 2.75) is 26.4 Å². The summed E-state index contributed by atoms with van der Waals surface area (Å²) in [6.07, 6.45) is 3.03. The second-order valence-corrected chi connectivity index (χ2v) is 6.32. The molecule has 0 saturated heterocycles. The zero-order valence-corrected chi connectivity index (χ0v) is 13.5. The molecule has 0 amide bonds. The number of H-pyrrole nitrogens is 1. The molecule has 1 aliphatic rings. The molecule has 0 unspecified atom stereocenters. The molecule has 1 aliphatic heterocycles. The van der Waals surface area contributed by atoms with E-state index < -0.39 is 0 Å². The van der Waals surface area contributed by atoms with Gasteiger partial charge in [0.15, 0.2) is 0 Å². The number of para-hydroxylation sites is 1. The van der Waals surface area contributed by atoms with Gasteiger partial charge in [-0.15, -0.1) is 0 Å². The Hall–Kier alpha value is -2.40. The van der Waals surface area contributed by atoms with E-state index in [9.17, 15) is 4.79 Å². The van der Waals surface area contributed by atoms with E-state index >= 15 is 0 Å². The molecule has 0 spiro atoms. The number of nitrogens with zero attached hydrogens (tertiary/aromatic N) is 3. The summed E-state index contributed by atoms with van der Waals surface area (Å²) >= 11 is 0. The molecule has 5 nitrogen and oxygen atoms in total. The molecule has 5 heteroatoms. The minimum atomic E-state index is 0.00937. The molecule has 1 N–H and O–H groups in total. The van der Waals surface area contributed by atoms with Gasteiger partial charge in [-0.25, -0.2) is 4.98 Å². The standard InChI is InChI=1S/C18H20N4O/c1-12-19-16-7-8-22(11-15(16)18(23)20-12)10-13-9-21(2)17-6-4-3-5-14(13)17/h3-6,9H,7-8,10-11H2,1-2H3,(H,19,20,23). The summed E-state index contributed by atoms with van der Waals surface area (Å²) in [6.45, 7) is 4.30. The van der Waals surface area contributed by atoms with E-state index in [-0.39, 0.29) is 5.56 Å². The molecule has 3 heterocycles. The van der Waals surface area contributed by atoms with E-state index in [1.165, 1.54) is 16.5 Å². The van der Waals surface area contributed by atoms with Crippen molar-refractivity contribution in [2.24, 2.45) is 7.05 Å². The summed E-state index contributed by atoms with van der Waals surface area (Å²) in [4.78, 5) is 21.8. The van der Waals surface area contributed by atoms with E-state index in [4.69, 9.17) is 0 Å². The Balaban J connectivity index is 1.64. The molecule has 0 saturated carbocycles. The van der Waals surface area contributed by atoms with Crippen molar-refractivity contribution in [3.05, 3.63) is 63.5 Å². The van der Waals surface area contributed by atoms with Crippen molar-refractivity contribution in [3.63, 3.8) is 0 Å². The Morgan fingerprint density at radius 1 is 1.30 bits per heavy atom. The normalized spacial score (nSPS) is 15.0. The molecule has 0 aliphatic carbocycles. The molecule has 0 fully saturated rings. The Morgan fingerprint density at radius 2 is 2.13 bits per heavy atom. The molecule has 23 heavy (non-hydrogen) atoms. The van der Waals surface area contributed by atoms with Crippen LogP contribution in [0.1, 0.15) is 22.6 Å². The van der Waals surface area contributed by atoms with Crippen LogP contribution in [-0.4, -0.2) is 26.0 Å². The maximum absolute atomic E-state index is 12.2. The Kier molecular flexibility index (Phi) is 3.31. The van der Waals surface area contributed by atoms with Crippen molar-refractivity contribution in [1.29, 1.82) is 0 Å². The molecule has 2 aromatic heterocycles. The van der Waals surface area contributed by atoms with Gasteiger partial charge in [0, 0.05) is 50.2 Å². The van der Waals surface area contributed by atoms with Crippen molar-refractivity contribution in [2.75, 3.05) is 6.54 Å². The number of aromatic amines is 1. The molecule has 3 aromatic rings. The van der Waals surface area contributed by atoms with Crippen molar-refractivity contribution in [1.82, 2.24) is 19.4 Å². The van der Waals surface area contributed by atoms with Gasteiger partial charge < -0.3 is 9.55 Å². The minimum Gasteiger partial charge on any atom is -0.350 e. The van der Waals surface area contributed by atoms with Crippen LogP contribution in [0.2, 0.25) is 0 Å². The van der Waals surface area contributed by atoms with Crippen LogP contribution < -0.4 is 5.56 Å². The minimum absolute atomic E-state index is 0.00937. The van der Waals surface area contributed by atoms with Gasteiger partial charge in [-0.1, -0.05) is 18.2 Å². The van der Waals surface area contributed by atoms with Crippen LogP contribution in [-0.2, 0) is 26.6 Å². The van der Waals surface area contributed by atoms with Gasteiger partial charge in [0.05, 0.1) is 11.3 Å². The van der Waals surface area contributed by atoms with E-state index in [2.05, 4.69) is 56.9 Å². The predicted molar refractivity (Wildman–Crippen MR) is 90.3 cm³/mol. The summed E-state index contributed by atoms with van der Waals surface area (Å²) in [7, 11) is 2.08. The molecular formula is C18H20N4O. The number of rotatable bonds is 2. The van der Waals surface area contributed by atoms with E-state index in [0.29, 0.717) is 12.4 Å². The zero-order chi connectivity index (χ0) is 16.0. The number of fused-ring (bicyclic) bond motifs is 2. The first-order valence-electron chi connectivity index (χ1n) is 7.96. The van der Waals surface area contributed by atoms with Gasteiger partial charge >= 0.3 is 0 Å². The fourth-order valence-corrected chi connectivity index (χ4v) is 3.53. The summed E-state index contributed by atoms with van der Waals surface area (Å²) in [5.41, 5.74) is 4.34. The van der Waals surface area contributed by atoms with E-state index in [1.807, 2.05) is 6.92 Å². The van der Waals surface area contributed by atoms with Crippen molar-refractivity contribution in [3.8, 4) is 0 Å². The second-order valence-electron chi connectivity index (χ2n) is 6.32. The SMILES string of the molecule is Cc1nc2c(c(=O)[nH]1)CN(Cc1cn(C)c3ccccc13)CC2. The lowest BCUT2D eigenvalue weighted by Crippen LogP contribution is -2.35. The number of hydrogen-bond acceptors (Lipinski definition) is 3. The highest BCUT2D eigenvalue weighted by molar-refractivity contribution is 5.83. The molecule has 4 rings (SSSR count). The molecule has 0 atom stereocenters. The third-order valence-electron chi connectivity index (χ3n) is 4.64. The third-order valence-corrected chi connectivity index (χ3v) is 4.64. The monoisotopic (exact) mass is 308 g/mol. The first-order chi connectivity index (χ1) is 11.1. The molecular weight excluding hydrogens is 288 g/mol. The van der Waals surface area contributed by atoms with Crippen LogP contribution in [0.4, 0.5) is 0 Å². The lowest BCUT2D eigenvalue weighted by Gasteiger charge is -2.27. The van der Waals surface area contributed by atoms with E-state index in [1.54, 1.807) is 0 Å². The highest BCUT2D eigenvalue weighted by Crippen LogP contribution is 2.23. The fraction of sp³-hybridized carbons (Fsp3) is 0.333. The Bertz CT molecular complexity index is 938. The molecule has 0 bridgehead atoms. The van der Waals surface area contributed by atoms with Crippen molar-refractivity contribution < 1.29 is 0 Å². The number of benzene rings is 1. The van der Waals surface area contributed by atoms with E-state index in [0.717, 1.165) is 30.8 Å². The largest absolute Gasteiger partial charge is 0.350 e. The average molecular weight is 308 g/mol. The highest BCUT2D eigenvalue weighted by atomic mass is 16.1. The lowest BCUT2D eigenvalue weighted by molar-refractivity contribution is 0.242.